The molecule has 1 aromatic heterocycles. The van der Waals surface area contributed by atoms with Crippen molar-refractivity contribution in [3.63, 3.8) is 0 Å². The molecule has 150 valence electrons. The first-order valence-corrected chi connectivity index (χ1v) is 9.79. The van der Waals surface area contributed by atoms with Gasteiger partial charge in [0.15, 0.2) is 6.61 Å². The molecule has 29 heavy (non-hydrogen) atoms. The molecule has 0 radical (unpaired) electrons. The number of fused-ring (bicyclic) bond motifs is 1. The molecular weight excluding hydrogens is 364 g/mol. The molecule has 5 heteroatoms. The van der Waals surface area contributed by atoms with E-state index in [2.05, 4.69) is 5.32 Å². The topological polar surface area (TPSA) is 68.3 Å². The number of hydrogen-bond donors (Lipinski definition) is 1. The Morgan fingerprint density at radius 2 is 1.66 bits per heavy atom. The number of benzene rings is 2. The van der Waals surface area contributed by atoms with Gasteiger partial charge in [-0.3, -0.25) is 4.79 Å². The van der Waals surface area contributed by atoms with Gasteiger partial charge in [0.05, 0.1) is 16.8 Å². The van der Waals surface area contributed by atoms with Crippen LogP contribution in [0.5, 0.6) is 0 Å². The number of ether oxygens (including phenoxy) is 1. The Bertz CT molecular complexity index is 1030. The maximum Gasteiger partial charge on any atom is 0.339 e. The highest BCUT2D eigenvalue weighted by Gasteiger charge is 2.21. The zero-order valence-electron chi connectivity index (χ0n) is 17.2. The quantitative estimate of drug-likeness (QED) is 0.628. The second-order valence-electron chi connectivity index (χ2n) is 7.52. The molecule has 2 aromatic carbocycles. The molecule has 1 amide bonds. The number of rotatable bonds is 6. The lowest BCUT2D eigenvalue weighted by Gasteiger charge is -2.18. The minimum atomic E-state index is -0.523. The van der Waals surface area contributed by atoms with E-state index in [1.807, 2.05) is 82.3 Å². The summed E-state index contributed by atoms with van der Waals surface area (Å²) in [6.07, 6.45) is 0. The molecule has 0 spiro atoms. The van der Waals surface area contributed by atoms with E-state index in [0.29, 0.717) is 22.4 Å². The van der Waals surface area contributed by atoms with E-state index in [4.69, 9.17) is 9.72 Å². The molecule has 1 unspecified atom stereocenters. The van der Waals surface area contributed by atoms with E-state index in [-0.39, 0.29) is 18.6 Å². The van der Waals surface area contributed by atoms with E-state index in [1.165, 1.54) is 0 Å². The van der Waals surface area contributed by atoms with Crippen LogP contribution in [0, 0.1) is 12.8 Å². The van der Waals surface area contributed by atoms with Crippen molar-refractivity contribution in [2.45, 2.75) is 33.7 Å². The van der Waals surface area contributed by atoms with Crippen molar-refractivity contribution < 1.29 is 14.3 Å². The number of pyridine rings is 1. The Hall–Kier alpha value is -3.21. The monoisotopic (exact) mass is 390 g/mol. The highest BCUT2D eigenvalue weighted by molar-refractivity contribution is 6.06. The number of esters is 1. The molecule has 0 aliphatic rings. The van der Waals surface area contributed by atoms with E-state index in [0.717, 1.165) is 16.8 Å². The summed E-state index contributed by atoms with van der Waals surface area (Å²) in [6, 6.07) is 17.2. The number of aromatic nitrogens is 1. The number of amides is 1. The summed E-state index contributed by atoms with van der Waals surface area (Å²) in [5.41, 5.74) is 3.54. The highest BCUT2D eigenvalue weighted by atomic mass is 16.5. The summed E-state index contributed by atoms with van der Waals surface area (Å²) in [5, 5.41) is 3.56. The number of hydrogen-bond acceptors (Lipinski definition) is 4. The van der Waals surface area contributed by atoms with Gasteiger partial charge in [-0.1, -0.05) is 62.4 Å². The van der Waals surface area contributed by atoms with Gasteiger partial charge in [0.2, 0.25) is 0 Å². The van der Waals surface area contributed by atoms with E-state index in [1.54, 1.807) is 0 Å². The predicted molar refractivity (Wildman–Crippen MR) is 115 cm³/mol. The number of para-hydroxylation sites is 1. The van der Waals surface area contributed by atoms with Crippen LogP contribution in [0.4, 0.5) is 0 Å². The van der Waals surface area contributed by atoms with Gasteiger partial charge >= 0.3 is 5.97 Å². The van der Waals surface area contributed by atoms with Crippen molar-refractivity contribution in [3.05, 3.63) is 65.7 Å². The van der Waals surface area contributed by atoms with Crippen LogP contribution in [0.2, 0.25) is 0 Å². The van der Waals surface area contributed by atoms with Gasteiger partial charge in [-0.25, -0.2) is 9.78 Å². The van der Waals surface area contributed by atoms with E-state index >= 15 is 0 Å². The Balaban J connectivity index is 1.92. The number of nitrogens with zero attached hydrogens (tertiary/aromatic N) is 1. The van der Waals surface area contributed by atoms with Gasteiger partial charge < -0.3 is 10.1 Å². The highest BCUT2D eigenvalue weighted by Crippen LogP contribution is 2.30. The minimum Gasteiger partial charge on any atom is -0.452 e. The van der Waals surface area contributed by atoms with Gasteiger partial charge in [0, 0.05) is 17.0 Å². The predicted octanol–water partition coefficient (Wildman–Crippen LogP) is 4.53. The van der Waals surface area contributed by atoms with Crippen LogP contribution in [-0.2, 0) is 9.53 Å². The molecule has 0 aliphatic carbocycles. The van der Waals surface area contributed by atoms with Crippen LogP contribution >= 0.6 is 0 Å². The van der Waals surface area contributed by atoms with Crippen molar-refractivity contribution in [1.29, 1.82) is 0 Å². The van der Waals surface area contributed by atoms with Crippen LogP contribution in [-0.4, -0.2) is 29.5 Å². The number of nitrogens with one attached hydrogen (secondary N) is 1. The third kappa shape index (κ3) is 4.62. The van der Waals surface area contributed by atoms with Crippen molar-refractivity contribution >= 4 is 22.8 Å². The summed E-state index contributed by atoms with van der Waals surface area (Å²) in [7, 11) is 0. The fourth-order valence-corrected chi connectivity index (χ4v) is 3.11. The summed E-state index contributed by atoms with van der Waals surface area (Å²) >= 11 is 0. The van der Waals surface area contributed by atoms with Crippen LogP contribution in [0.1, 0.15) is 36.7 Å². The summed E-state index contributed by atoms with van der Waals surface area (Å²) in [5.74, 6) is -0.529. The Kier molecular flexibility index (Phi) is 6.27. The first kappa shape index (κ1) is 20.5. The molecule has 3 rings (SSSR count). The minimum absolute atomic E-state index is 0.00868. The standard InChI is InChI=1S/C24H26N2O3/c1-15(2)17(4)25-21(27)14-29-24(28)22-16(3)23(18-10-6-5-7-11-18)26-20-13-9-8-12-19(20)22/h5-13,15,17H,14H2,1-4H3,(H,25,27). The van der Waals surface area contributed by atoms with Crippen molar-refractivity contribution in [3.8, 4) is 11.3 Å². The molecule has 0 fully saturated rings. The molecule has 3 aromatic rings. The average Bonchev–Trinajstić information content (AvgIpc) is 2.72. The largest absolute Gasteiger partial charge is 0.452 e. The van der Waals surface area contributed by atoms with Gasteiger partial charge in [-0.2, -0.15) is 0 Å². The van der Waals surface area contributed by atoms with Crippen LogP contribution in [0.15, 0.2) is 54.6 Å². The van der Waals surface area contributed by atoms with Crippen molar-refractivity contribution in [2.75, 3.05) is 6.61 Å². The zero-order chi connectivity index (χ0) is 21.0. The zero-order valence-corrected chi connectivity index (χ0v) is 17.2. The number of carbonyl (C=O) groups excluding carboxylic acids is 2. The third-order valence-electron chi connectivity index (χ3n) is 5.11. The SMILES string of the molecule is Cc1c(-c2ccccc2)nc2ccccc2c1C(=O)OCC(=O)NC(C)C(C)C. The molecule has 0 saturated heterocycles. The molecule has 1 heterocycles. The smallest absolute Gasteiger partial charge is 0.339 e. The molecule has 0 bridgehead atoms. The van der Waals surface area contributed by atoms with Crippen molar-refractivity contribution in [2.24, 2.45) is 5.92 Å². The summed E-state index contributed by atoms with van der Waals surface area (Å²) in [6.45, 7) is 7.52. The van der Waals surface area contributed by atoms with Gasteiger partial charge in [0.25, 0.3) is 5.91 Å². The van der Waals surface area contributed by atoms with Gasteiger partial charge in [-0.15, -0.1) is 0 Å². The molecule has 0 aliphatic heterocycles. The first-order chi connectivity index (χ1) is 13.9. The normalized spacial score (nSPS) is 12.0. The van der Waals surface area contributed by atoms with E-state index < -0.39 is 5.97 Å². The van der Waals surface area contributed by atoms with Crippen LogP contribution in [0.3, 0.4) is 0 Å². The van der Waals surface area contributed by atoms with Gasteiger partial charge in [0.1, 0.15) is 0 Å². The van der Waals surface area contributed by atoms with E-state index in [9.17, 15) is 9.59 Å². The van der Waals surface area contributed by atoms with Crippen LogP contribution < -0.4 is 5.32 Å². The fraction of sp³-hybridized carbons (Fsp3) is 0.292. The lowest BCUT2D eigenvalue weighted by Crippen LogP contribution is -2.38. The maximum absolute atomic E-state index is 13.0. The average molecular weight is 390 g/mol. The molecule has 1 N–H and O–H groups in total. The Morgan fingerprint density at radius 1 is 1.00 bits per heavy atom. The van der Waals surface area contributed by atoms with Crippen LogP contribution in [0.25, 0.3) is 22.2 Å². The molecule has 1 atom stereocenters. The molecule has 5 nitrogen and oxygen atoms in total. The second-order valence-corrected chi connectivity index (χ2v) is 7.52. The Morgan fingerprint density at radius 3 is 2.34 bits per heavy atom. The molecular formula is C24H26N2O3. The fourth-order valence-electron chi connectivity index (χ4n) is 3.11. The lowest BCUT2D eigenvalue weighted by molar-refractivity contribution is -0.125. The van der Waals surface area contributed by atoms with Crippen molar-refractivity contribution in [1.82, 2.24) is 10.3 Å². The van der Waals surface area contributed by atoms with Gasteiger partial charge in [-0.05, 0) is 31.4 Å². The summed E-state index contributed by atoms with van der Waals surface area (Å²) in [4.78, 5) is 29.8. The first-order valence-electron chi connectivity index (χ1n) is 9.79. The Labute approximate surface area is 171 Å². The second kappa shape index (κ2) is 8.86. The molecule has 0 saturated carbocycles. The third-order valence-corrected chi connectivity index (χ3v) is 5.11. The number of carbonyl (C=O) groups is 2. The lowest BCUT2D eigenvalue weighted by atomic mass is 9.98. The maximum atomic E-state index is 13.0. The summed E-state index contributed by atoms with van der Waals surface area (Å²) < 4.78 is 5.37.